The first-order valence-electron chi connectivity index (χ1n) is 5.78. The smallest absolute Gasteiger partial charge is 0.0590 e. The van der Waals surface area contributed by atoms with Crippen LogP contribution in [0.3, 0.4) is 0 Å². The fourth-order valence-electron chi connectivity index (χ4n) is 1.54. The highest BCUT2D eigenvalue weighted by molar-refractivity contribution is 9.10. The minimum atomic E-state index is 0.527. The molecule has 0 aromatic heterocycles. The van der Waals surface area contributed by atoms with Crippen LogP contribution in [0.5, 0.6) is 0 Å². The van der Waals surface area contributed by atoms with Crippen molar-refractivity contribution in [1.29, 1.82) is 0 Å². The Balaban J connectivity index is 2.27. The number of ether oxygens (including phenoxy) is 1. The third kappa shape index (κ3) is 5.10. The second-order valence-corrected chi connectivity index (χ2v) is 4.77. The summed E-state index contributed by atoms with van der Waals surface area (Å²) < 4.78 is 6.41. The summed E-state index contributed by atoms with van der Waals surface area (Å²) in [5, 5.41) is 3.40. The first-order chi connectivity index (χ1) is 7.74. The lowest BCUT2D eigenvalue weighted by atomic mass is 10.0. The lowest BCUT2D eigenvalue weighted by Crippen LogP contribution is -2.24. The van der Waals surface area contributed by atoms with Gasteiger partial charge >= 0.3 is 0 Å². The Morgan fingerprint density at radius 3 is 2.94 bits per heavy atom. The molecular formula is C13H20BrNO. The number of halogens is 1. The van der Waals surface area contributed by atoms with Gasteiger partial charge in [0.15, 0.2) is 0 Å². The minimum Gasteiger partial charge on any atom is -0.380 e. The summed E-state index contributed by atoms with van der Waals surface area (Å²) in [6.45, 7) is 7.75. The third-order valence-electron chi connectivity index (χ3n) is 2.50. The van der Waals surface area contributed by atoms with E-state index in [4.69, 9.17) is 4.74 Å². The van der Waals surface area contributed by atoms with Gasteiger partial charge in [-0.25, -0.2) is 0 Å². The van der Waals surface area contributed by atoms with Crippen LogP contribution in [0.15, 0.2) is 28.7 Å². The van der Waals surface area contributed by atoms with Crippen molar-refractivity contribution in [3.8, 4) is 0 Å². The average molecular weight is 286 g/mol. The van der Waals surface area contributed by atoms with Crippen molar-refractivity contribution in [3.63, 3.8) is 0 Å². The normalized spacial score (nSPS) is 12.7. The van der Waals surface area contributed by atoms with E-state index < -0.39 is 0 Å². The summed E-state index contributed by atoms with van der Waals surface area (Å²) in [7, 11) is 0. The molecule has 1 rings (SSSR count). The van der Waals surface area contributed by atoms with E-state index in [1.807, 2.05) is 6.92 Å². The van der Waals surface area contributed by atoms with Crippen LogP contribution in [0.2, 0.25) is 0 Å². The largest absolute Gasteiger partial charge is 0.380 e. The molecule has 0 spiro atoms. The molecule has 3 heteroatoms. The van der Waals surface area contributed by atoms with Crippen LogP contribution in [0.25, 0.3) is 0 Å². The molecule has 0 aliphatic carbocycles. The Hall–Kier alpha value is -0.380. The molecule has 1 aromatic carbocycles. The maximum Gasteiger partial charge on any atom is 0.0590 e. The maximum absolute atomic E-state index is 5.27. The highest BCUT2D eigenvalue weighted by Gasteiger charge is 2.04. The fraction of sp³-hybridized carbons (Fsp3) is 0.538. The quantitative estimate of drug-likeness (QED) is 0.777. The molecule has 2 nitrogen and oxygen atoms in total. The van der Waals surface area contributed by atoms with Crippen LogP contribution in [0.4, 0.5) is 0 Å². The van der Waals surface area contributed by atoms with Crippen LogP contribution in [0, 0.1) is 0 Å². The minimum absolute atomic E-state index is 0.527. The highest BCUT2D eigenvalue weighted by atomic mass is 79.9. The molecule has 0 heterocycles. The predicted molar refractivity (Wildman–Crippen MR) is 71.9 cm³/mol. The number of hydrogen-bond acceptors (Lipinski definition) is 2. The summed E-state index contributed by atoms with van der Waals surface area (Å²) in [6.07, 6.45) is 0. The van der Waals surface area contributed by atoms with Crippen molar-refractivity contribution >= 4 is 15.9 Å². The van der Waals surface area contributed by atoms with Gasteiger partial charge in [0, 0.05) is 24.2 Å². The van der Waals surface area contributed by atoms with Gasteiger partial charge in [0.25, 0.3) is 0 Å². The van der Waals surface area contributed by atoms with Crippen LogP contribution in [-0.2, 0) is 4.74 Å². The second-order valence-electron chi connectivity index (χ2n) is 3.86. The van der Waals surface area contributed by atoms with E-state index in [1.165, 1.54) is 5.56 Å². The van der Waals surface area contributed by atoms with E-state index in [9.17, 15) is 0 Å². The summed E-state index contributed by atoms with van der Waals surface area (Å²) in [6, 6.07) is 8.48. The summed E-state index contributed by atoms with van der Waals surface area (Å²) >= 11 is 3.49. The molecule has 1 N–H and O–H groups in total. The van der Waals surface area contributed by atoms with Crippen molar-refractivity contribution in [3.05, 3.63) is 34.3 Å². The molecule has 0 amide bonds. The van der Waals surface area contributed by atoms with Crippen molar-refractivity contribution in [2.45, 2.75) is 19.8 Å². The first-order valence-corrected chi connectivity index (χ1v) is 6.57. The van der Waals surface area contributed by atoms with Gasteiger partial charge < -0.3 is 10.1 Å². The number of hydrogen-bond donors (Lipinski definition) is 1. The zero-order valence-corrected chi connectivity index (χ0v) is 11.6. The van der Waals surface area contributed by atoms with Crippen molar-refractivity contribution in [2.24, 2.45) is 0 Å². The fourth-order valence-corrected chi connectivity index (χ4v) is 1.96. The van der Waals surface area contributed by atoms with Crippen LogP contribution < -0.4 is 5.32 Å². The molecule has 0 fully saturated rings. The molecule has 0 saturated heterocycles. The van der Waals surface area contributed by atoms with Crippen molar-refractivity contribution < 1.29 is 4.74 Å². The Bertz CT molecular complexity index is 304. The van der Waals surface area contributed by atoms with Gasteiger partial charge in [0.05, 0.1) is 6.61 Å². The molecule has 0 saturated carbocycles. The van der Waals surface area contributed by atoms with E-state index in [2.05, 4.69) is 52.4 Å². The standard InChI is InChI=1S/C13H20BrNO/c1-3-16-8-7-15-10-11(2)12-5-4-6-13(14)9-12/h4-6,9,11,15H,3,7-8,10H2,1-2H3. The van der Waals surface area contributed by atoms with Crippen molar-refractivity contribution in [2.75, 3.05) is 26.3 Å². The van der Waals surface area contributed by atoms with Gasteiger partial charge in [-0.15, -0.1) is 0 Å². The zero-order chi connectivity index (χ0) is 11.8. The molecule has 16 heavy (non-hydrogen) atoms. The van der Waals surface area contributed by atoms with Gasteiger partial charge in [0.1, 0.15) is 0 Å². The molecule has 1 atom stereocenters. The second kappa shape index (κ2) is 7.82. The van der Waals surface area contributed by atoms with E-state index in [-0.39, 0.29) is 0 Å². The van der Waals surface area contributed by atoms with Gasteiger partial charge in [0.2, 0.25) is 0 Å². The van der Waals surface area contributed by atoms with E-state index in [1.54, 1.807) is 0 Å². The van der Waals surface area contributed by atoms with Crippen LogP contribution >= 0.6 is 15.9 Å². The Labute approximate surface area is 107 Å². The van der Waals surface area contributed by atoms with E-state index in [0.29, 0.717) is 5.92 Å². The van der Waals surface area contributed by atoms with Crippen LogP contribution in [0.1, 0.15) is 25.3 Å². The van der Waals surface area contributed by atoms with Gasteiger partial charge in [-0.3, -0.25) is 0 Å². The monoisotopic (exact) mass is 285 g/mol. The first kappa shape index (κ1) is 13.7. The summed E-state index contributed by atoms with van der Waals surface area (Å²) in [4.78, 5) is 0. The molecule has 0 bridgehead atoms. The predicted octanol–water partition coefficient (Wildman–Crippen LogP) is 3.18. The number of rotatable bonds is 7. The topological polar surface area (TPSA) is 21.3 Å². The number of benzene rings is 1. The molecule has 90 valence electrons. The van der Waals surface area contributed by atoms with Gasteiger partial charge in [-0.1, -0.05) is 35.0 Å². The Morgan fingerprint density at radius 1 is 1.44 bits per heavy atom. The molecule has 0 aliphatic rings. The Morgan fingerprint density at radius 2 is 2.25 bits per heavy atom. The molecule has 1 aromatic rings. The molecule has 0 aliphatic heterocycles. The lowest BCUT2D eigenvalue weighted by Gasteiger charge is -2.13. The van der Waals surface area contributed by atoms with Gasteiger partial charge in [-0.05, 0) is 30.5 Å². The summed E-state index contributed by atoms with van der Waals surface area (Å²) in [5.41, 5.74) is 1.36. The molecule has 1 unspecified atom stereocenters. The van der Waals surface area contributed by atoms with Crippen molar-refractivity contribution in [1.82, 2.24) is 5.32 Å². The Kier molecular flexibility index (Phi) is 6.69. The van der Waals surface area contributed by atoms with Gasteiger partial charge in [-0.2, -0.15) is 0 Å². The zero-order valence-electron chi connectivity index (χ0n) is 10.0. The van der Waals surface area contributed by atoms with Crippen LogP contribution in [-0.4, -0.2) is 26.3 Å². The highest BCUT2D eigenvalue weighted by Crippen LogP contribution is 2.18. The average Bonchev–Trinajstić information content (AvgIpc) is 2.28. The molecule has 0 radical (unpaired) electrons. The SMILES string of the molecule is CCOCCNCC(C)c1cccc(Br)c1. The van der Waals surface area contributed by atoms with E-state index in [0.717, 1.165) is 30.8 Å². The summed E-state index contributed by atoms with van der Waals surface area (Å²) in [5.74, 6) is 0.527. The maximum atomic E-state index is 5.27. The third-order valence-corrected chi connectivity index (χ3v) is 2.99. The number of nitrogens with one attached hydrogen (secondary N) is 1. The van der Waals surface area contributed by atoms with E-state index >= 15 is 0 Å². The molecular weight excluding hydrogens is 266 g/mol. The lowest BCUT2D eigenvalue weighted by molar-refractivity contribution is 0.149.